The van der Waals surface area contributed by atoms with Crippen LogP contribution in [-0.2, 0) is 11.2 Å². The second-order valence-electron chi connectivity index (χ2n) is 6.49. The van der Waals surface area contributed by atoms with E-state index in [9.17, 15) is 0 Å². The third-order valence-electron chi connectivity index (χ3n) is 4.55. The fourth-order valence-electron chi connectivity index (χ4n) is 3.14. The second-order valence-corrected chi connectivity index (χ2v) is 6.90. The summed E-state index contributed by atoms with van der Waals surface area (Å²) in [7, 11) is 0. The normalized spacial score (nSPS) is 12.2. The Kier molecular flexibility index (Phi) is 6.08. The third-order valence-corrected chi connectivity index (χ3v) is 4.87. The molecule has 1 unspecified atom stereocenters. The first kappa shape index (κ1) is 18.6. The van der Waals surface area contributed by atoms with Crippen LogP contribution < -0.4 is 0 Å². The van der Waals surface area contributed by atoms with Crippen molar-refractivity contribution < 1.29 is 4.74 Å². The molecule has 0 radical (unpaired) electrons. The third kappa shape index (κ3) is 4.32. The Balaban J connectivity index is 1.73. The summed E-state index contributed by atoms with van der Waals surface area (Å²) in [4.78, 5) is 4.54. The molecule has 0 aliphatic rings. The molecule has 0 saturated heterocycles. The van der Waals surface area contributed by atoms with Gasteiger partial charge in [-0.2, -0.15) is 0 Å². The molecule has 0 aliphatic carbocycles. The standard InChI is InChI=1S/C23H24ClNO/c1-4-26-17(3)22-13-10-19(15-25-22)14-18-8-11-20(12-9-18)23-16(2)6-5-7-21(23)24/h5-13,15,17H,4,14H2,1-3H3. The maximum absolute atomic E-state index is 6.38. The molecular weight excluding hydrogens is 342 g/mol. The molecule has 0 spiro atoms. The van der Waals surface area contributed by atoms with Crippen LogP contribution >= 0.6 is 11.6 Å². The Morgan fingerprint density at radius 2 is 1.73 bits per heavy atom. The van der Waals surface area contributed by atoms with E-state index in [0.717, 1.165) is 28.3 Å². The van der Waals surface area contributed by atoms with Gasteiger partial charge in [-0.05, 0) is 61.6 Å². The summed E-state index contributed by atoms with van der Waals surface area (Å²) in [6.45, 7) is 6.81. The maximum Gasteiger partial charge on any atom is 0.0966 e. The van der Waals surface area contributed by atoms with Gasteiger partial charge < -0.3 is 4.74 Å². The van der Waals surface area contributed by atoms with Crippen LogP contribution in [0.3, 0.4) is 0 Å². The minimum atomic E-state index is 0.0344. The van der Waals surface area contributed by atoms with Gasteiger partial charge in [0.25, 0.3) is 0 Å². The number of pyridine rings is 1. The van der Waals surface area contributed by atoms with Crippen LogP contribution in [0.1, 0.15) is 42.3 Å². The summed E-state index contributed by atoms with van der Waals surface area (Å²) in [5, 5.41) is 0.793. The highest BCUT2D eigenvalue weighted by atomic mass is 35.5. The number of rotatable bonds is 6. The van der Waals surface area contributed by atoms with Crippen molar-refractivity contribution in [3.8, 4) is 11.1 Å². The average Bonchev–Trinajstić information content (AvgIpc) is 2.64. The zero-order valence-electron chi connectivity index (χ0n) is 15.5. The lowest BCUT2D eigenvalue weighted by atomic mass is 9.98. The van der Waals surface area contributed by atoms with Crippen LogP contribution in [0.2, 0.25) is 5.02 Å². The average molecular weight is 366 g/mol. The Labute approximate surface area is 160 Å². The van der Waals surface area contributed by atoms with Gasteiger partial charge in [0.1, 0.15) is 0 Å². The van der Waals surface area contributed by atoms with Crippen LogP contribution in [0, 0.1) is 6.92 Å². The zero-order valence-corrected chi connectivity index (χ0v) is 16.3. The predicted molar refractivity (Wildman–Crippen MR) is 109 cm³/mol. The van der Waals surface area contributed by atoms with Gasteiger partial charge in [-0.25, -0.2) is 0 Å². The molecule has 2 nitrogen and oxygen atoms in total. The molecule has 134 valence electrons. The van der Waals surface area contributed by atoms with Crippen molar-refractivity contribution in [3.05, 3.63) is 88.2 Å². The van der Waals surface area contributed by atoms with Crippen molar-refractivity contribution in [1.29, 1.82) is 0 Å². The van der Waals surface area contributed by atoms with E-state index in [1.807, 2.05) is 32.2 Å². The first-order chi connectivity index (χ1) is 12.6. The molecule has 2 aromatic carbocycles. The van der Waals surface area contributed by atoms with Gasteiger partial charge in [0, 0.05) is 23.4 Å². The number of benzene rings is 2. The van der Waals surface area contributed by atoms with E-state index in [0.29, 0.717) is 6.61 Å². The lowest BCUT2D eigenvalue weighted by molar-refractivity contribution is 0.0733. The zero-order chi connectivity index (χ0) is 18.5. The number of hydrogen-bond donors (Lipinski definition) is 0. The van der Waals surface area contributed by atoms with Gasteiger partial charge in [0.2, 0.25) is 0 Å². The number of aryl methyl sites for hydroxylation is 1. The van der Waals surface area contributed by atoms with E-state index in [2.05, 4.69) is 54.4 Å². The van der Waals surface area contributed by atoms with Crippen molar-refractivity contribution in [3.63, 3.8) is 0 Å². The summed E-state index contributed by atoms with van der Waals surface area (Å²) in [5.41, 5.74) is 6.87. The quantitative estimate of drug-likeness (QED) is 0.504. The second kappa shape index (κ2) is 8.48. The van der Waals surface area contributed by atoms with Gasteiger partial charge in [0.15, 0.2) is 0 Å². The van der Waals surface area contributed by atoms with Crippen LogP contribution in [0.25, 0.3) is 11.1 Å². The minimum Gasteiger partial charge on any atom is -0.373 e. The molecular formula is C23H24ClNO. The summed E-state index contributed by atoms with van der Waals surface area (Å²) in [6.07, 6.45) is 2.84. The molecule has 0 saturated carbocycles. The first-order valence-corrected chi connectivity index (χ1v) is 9.37. The van der Waals surface area contributed by atoms with E-state index in [1.165, 1.54) is 16.7 Å². The molecule has 0 aliphatic heterocycles. The lowest BCUT2D eigenvalue weighted by Crippen LogP contribution is -2.02. The Hall–Kier alpha value is -2.16. The van der Waals surface area contributed by atoms with E-state index in [-0.39, 0.29) is 6.10 Å². The number of ether oxygens (including phenoxy) is 1. The molecule has 0 bridgehead atoms. The Bertz CT molecular complexity index is 836. The largest absolute Gasteiger partial charge is 0.373 e. The fraction of sp³-hybridized carbons (Fsp3) is 0.261. The predicted octanol–water partition coefficient (Wildman–Crippen LogP) is 6.40. The number of aromatic nitrogens is 1. The van der Waals surface area contributed by atoms with E-state index in [1.54, 1.807) is 0 Å². The molecule has 1 atom stereocenters. The van der Waals surface area contributed by atoms with Gasteiger partial charge >= 0.3 is 0 Å². The van der Waals surface area contributed by atoms with Crippen LogP contribution in [-0.4, -0.2) is 11.6 Å². The molecule has 1 aromatic heterocycles. The summed E-state index contributed by atoms with van der Waals surface area (Å²) in [6, 6.07) is 18.8. The maximum atomic E-state index is 6.38. The molecule has 0 amide bonds. The number of nitrogens with zero attached hydrogens (tertiary/aromatic N) is 1. The topological polar surface area (TPSA) is 22.1 Å². The van der Waals surface area contributed by atoms with Crippen LogP contribution in [0.15, 0.2) is 60.8 Å². The monoisotopic (exact) mass is 365 g/mol. The van der Waals surface area contributed by atoms with E-state index < -0.39 is 0 Å². The van der Waals surface area contributed by atoms with Crippen molar-refractivity contribution in [2.24, 2.45) is 0 Å². The van der Waals surface area contributed by atoms with Crippen LogP contribution in [0.4, 0.5) is 0 Å². The molecule has 3 aromatic rings. The molecule has 26 heavy (non-hydrogen) atoms. The lowest BCUT2D eigenvalue weighted by Gasteiger charge is -2.12. The highest BCUT2D eigenvalue weighted by Gasteiger charge is 2.08. The first-order valence-electron chi connectivity index (χ1n) is 8.99. The van der Waals surface area contributed by atoms with Gasteiger partial charge in [-0.15, -0.1) is 0 Å². The Morgan fingerprint density at radius 3 is 2.35 bits per heavy atom. The SMILES string of the molecule is CCOC(C)c1ccc(Cc2ccc(-c3c(C)cccc3Cl)cc2)cn1. The van der Waals surface area contributed by atoms with Gasteiger partial charge in [0.05, 0.1) is 11.8 Å². The molecule has 0 fully saturated rings. The highest BCUT2D eigenvalue weighted by Crippen LogP contribution is 2.31. The smallest absolute Gasteiger partial charge is 0.0966 e. The summed E-state index contributed by atoms with van der Waals surface area (Å²) >= 11 is 6.38. The molecule has 0 N–H and O–H groups in total. The minimum absolute atomic E-state index is 0.0344. The molecule has 3 heteroatoms. The van der Waals surface area contributed by atoms with Gasteiger partial charge in [-0.1, -0.05) is 54.1 Å². The van der Waals surface area contributed by atoms with Crippen molar-refractivity contribution in [1.82, 2.24) is 4.98 Å². The van der Waals surface area contributed by atoms with Crippen molar-refractivity contribution >= 4 is 11.6 Å². The van der Waals surface area contributed by atoms with E-state index >= 15 is 0 Å². The van der Waals surface area contributed by atoms with Crippen LogP contribution in [0.5, 0.6) is 0 Å². The number of halogens is 1. The van der Waals surface area contributed by atoms with Crippen molar-refractivity contribution in [2.75, 3.05) is 6.61 Å². The highest BCUT2D eigenvalue weighted by molar-refractivity contribution is 6.33. The molecule has 3 rings (SSSR count). The Morgan fingerprint density at radius 1 is 1.00 bits per heavy atom. The van der Waals surface area contributed by atoms with Gasteiger partial charge in [-0.3, -0.25) is 4.98 Å². The summed E-state index contributed by atoms with van der Waals surface area (Å²) < 4.78 is 5.59. The number of hydrogen-bond acceptors (Lipinski definition) is 2. The van der Waals surface area contributed by atoms with Crippen molar-refractivity contribution in [2.45, 2.75) is 33.3 Å². The summed E-state index contributed by atoms with van der Waals surface area (Å²) in [5.74, 6) is 0. The fourth-order valence-corrected chi connectivity index (χ4v) is 3.47. The molecule has 1 heterocycles. The van der Waals surface area contributed by atoms with E-state index in [4.69, 9.17) is 16.3 Å².